The van der Waals surface area contributed by atoms with Crippen LogP contribution in [-0.2, 0) is 0 Å². The third kappa shape index (κ3) is 2.73. The Bertz CT molecular complexity index is 752. The fourth-order valence-corrected chi connectivity index (χ4v) is 3.63. The van der Waals surface area contributed by atoms with Crippen molar-refractivity contribution in [2.45, 2.75) is 39.2 Å². The first kappa shape index (κ1) is 13.9. The number of fused-ring (bicyclic) bond motifs is 1. The van der Waals surface area contributed by atoms with Gasteiger partial charge < -0.3 is 5.32 Å². The lowest BCUT2D eigenvalue weighted by molar-refractivity contribution is 0.281. The molecule has 112 valence electrons. The molecule has 1 saturated carbocycles. The molecule has 0 aliphatic heterocycles. The summed E-state index contributed by atoms with van der Waals surface area (Å²) in [6, 6.07) is 5.73. The zero-order valence-corrected chi connectivity index (χ0v) is 12.4. The number of anilines is 1. The van der Waals surface area contributed by atoms with Gasteiger partial charge in [-0.2, -0.15) is 0 Å². The fourth-order valence-electron chi connectivity index (χ4n) is 3.63. The number of rotatable bonds is 2. The van der Waals surface area contributed by atoms with Crippen molar-refractivity contribution in [2.24, 2.45) is 11.8 Å². The summed E-state index contributed by atoms with van der Waals surface area (Å²) in [6.07, 6.45) is 3.46. The van der Waals surface area contributed by atoms with Crippen LogP contribution in [0.5, 0.6) is 0 Å². The molecule has 1 heterocycles. The molecule has 0 saturated heterocycles. The second-order valence-electron chi connectivity index (χ2n) is 6.40. The van der Waals surface area contributed by atoms with E-state index in [4.69, 9.17) is 0 Å². The molecule has 5 nitrogen and oxygen atoms in total. The number of H-pyrrole nitrogens is 2. The Balaban J connectivity index is 2.00. The Hall–Kier alpha value is -2.04. The molecule has 1 aliphatic rings. The van der Waals surface area contributed by atoms with Gasteiger partial charge in [0, 0.05) is 11.7 Å². The smallest absolute Gasteiger partial charge is 0.272 e. The zero-order valence-electron chi connectivity index (χ0n) is 12.4. The summed E-state index contributed by atoms with van der Waals surface area (Å²) >= 11 is 0. The lowest BCUT2D eigenvalue weighted by Crippen LogP contribution is -2.31. The van der Waals surface area contributed by atoms with E-state index in [1.54, 1.807) is 6.07 Å². The van der Waals surface area contributed by atoms with E-state index in [2.05, 4.69) is 29.4 Å². The number of hydrogen-bond acceptors (Lipinski definition) is 3. The van der Waals surface area contributed by atoms with Crippen molar-refractivity contribution in [3.63, 3.8) is 0 Å². The highest BCUT2D eigenvalue weighted by Crippen LogP contribution is 2.31. The van der Waals surface area contributed by atoms with E-state index in [-0.39, 0.29) is 11.1 Å². The van der Waals surface area contributed by atoms with Gasteiger partial charge in [0.1, 0.15) is 0 Å². The van der Waals surface area contributed by atoms with Crippen molar-refractivity contribution in [3.8, 4) is 0 Å². The van der Waals surface area contributed by atoms with E-state index in [0.29, 0.717) is 28.7 Å². The second-order valence-corrected chi connectivity index (χ2v) is 6.40. The van der Waals surface area contributed by atoms with Crippen LogP contribution in [0.1, 0.15) is 33.1 Å². The van der Waals surface area contributed by atoms with Gasteiger partial charge in [-0.15, -0.1) is 0 Å². The van der Waals surface area contributed by atoms with Gasteiger partial charge in [0.05, 0.1) is 10.8 Å². The topological polar surface area (TPSA) is 77.8 Å². The van der Waals surface area contributed by atoms with Crippen LogP contribution in [-0.4, -0.2) is 16.2 Å². The quantitative estimate of drug-likeness (QED) is 0.794. The lowest BCUT2D eigenvalue weighted by atomic mass is 9.80. The Morgan fingerprint density at radius 1 is 1.00 bits per heavy atom. The maximum Gasteiger partial charge on any atom is 0.272 e. The average Bonchev–Trinajstić information content (AvgIpc) is 2.42. The summed E-state index contributed by atoms with van der Waals surface area (Å²) in [4.78, 5) is 23.9. The second kappa shape index (κ2) is 5.39. The Labute approximate surface area is 122 Å². The summed E-state index contributed by atoms with van der Waals surface area (Å²) in [5.74, 6) is 1.37. The van der Waals surface area contributed by atoms with Gasteiger partial charge in [-0.05, 0) is 43.2 Å². The lowest BCUT2D eigenvalue weighted by Gasteiger charge is -2.32. The molecule has 0 bridgehead atoms. The van der Waals surface area contributed by atoms with Crippen LogP contribution in [0.3, 0.4) is 0 Å². The van der Waals surface area contributed by atoms with Crippen molar-refractivity contribution in [3.05, 3.63) is 38.9 Å². The monoisotopic (exact) mass is 287 g/mol. The molecule has 1 fully saturated rings. The van der Waals surface area contributed by atoms with Gasteiger partial charge in [0.15, 0.2) is 0 Å². The number of hydrogen-bond donors (Lipinski definition) is 3. The molecule has 0 amide bonds. The van der Waals surface area contributed by atoms with Gasteiger partial charge >= 0.3 is 0 Å². The highest BCUT2D eigenvalue weighted by atomic mass is 16.1. The van der Waals surface area contributed by atoms with E-state index in [1.165, 1.54) is 6.42 Å². The molecule has 2 unspecified atom stereocenters. The normalized spacial score (nSPS) is 25.9. The van der Waals surface area contributed by atoms with Crippen LogP contribution < -0.4 is 16.4 Å². The predicted molar refractivity (Wildman–Crippen MR) is 84.8 cm³/mol. The molecule has 2 aromatic rings. The first-order valence-electron chi connectivity index (χ1n) is 7.55. The first-order chi connectivity index (χ1) is 10.0. The van der Waals surface area contributed by atoms with E-state index < -0.39 is 0 Å². The van der Waals surface area contributed by atoms with Gasteiger partial charge in [-0.1, -0.05) is 19.9 Å². The SMILES string of the molecule is CC1CC(C)CC(Nc2cccc3c(=O)[nH][nH]c(=O)c23)C1. The molecule has 0 spiro atoms. The van der Waals surface area contributed by atoms with E-state index >= 15 is 0 Å². The van der Waals surface area contributed by atoms with Crippen LogP contribution >= 0.6 is 0 Å². The Morgan fingerprint density at radius 2 is 1.67 bits per heavy atom. The number of benzene rings is 1. The van der Waals surface area contributed by atoms with Crippen LogP contribution in [0.15, 0.2) is 27.8 Å². The van der Waals surface area contributed by atoms with Crippen molar-refractivity contribution in [1.29, 1.82) is 0 Å². The highest BCUT2D eigenvalue weighted by molar-refractivity contribution is 5.92. The summed E-state index contributed by atoms with van der Waals surface area (Å²) in [5, 5.41) is 9.13. The van der Waals surface area contributed by atoms with Crippen LogP contribution in [0.25, 0.3) is 10.8 Å². The van der Waals surface area contributed by atoms with Gasteiger partial charge in [0.25, 0.3) is 11.1 Å². The maximum atomic E-state index is 12.1. The molecule has 3 rings (SSSR count). The average molecular weight is 287 g/mol. The molecular formula is C16H21N3O2. The molecule has 1 aliphatic carbocycles. The Kier molecular flexibility index (Phi) is 3.57. The van der Waals surface area contributed by atoms with Gasteiger partial charge in [0.2, 0.25) is 0 Å². The maximum absolute atomic E-state index is 12.1. The van der Waals surface area contributed by atoms with E-state index in [9.17, 15) is 9.59 Å². The van der Waals surface area contributed by atoms with Gasteiger partial charge in [-0.25, -0.2) is 0 Å². The molecule has 5 heteroatoms. The van der Waals surface area contributed by atoms with Crippen molar-refractivity contribution in [1.82, 2.24) is 10.2 Å². The molecular weight excluding hydrogens is 266 g/mol. The van der Waals surface area contributed by atoms with E-state index in [0.717, 1.165) is 18.5 Å². The third-order valence-electron chi connectivity index (χ3n) is 4.36. The largest absolute Gasteiger partial charge is 0.382 e. The zero-order chi connectivity index (χ0) is 15.0. The Morgan fingerprint density at radius 3 is 2.38 bits per heavy atom. The summed E-state index contributed by atoms with van der Waals surface area (Å²) in [6.45, 7) is 4.54. The van der Waals surface area contributed by atoms with Crippen molar-refractivity contribution in [2.75, 3.05) is 5.32 Å². The van der Waals surface area contributed by atoms with Crippen LogP contribution in [0.2, 0.25) is 0 Å². The summed E-state index contributed by atoms with van der Waals surface area (Å²) < 4.78 is 0. The number of aromatic amines is 2. The van der Waals surface area contributed by atoms with Crippen molar-refractivity contribution >= 4 is 16.5 Å². The molecule has 0 radical (unpaired) electrons. The molecule has 1 aromatic heterocycles. The highest BCUT2D eigenvalue weighted by Gasteiger charge is 2.24. The summed E-state index contributed by atoms with van der Waals surface area (Å²) in [7, 11) is 0. The molecule has 3 N–H and O–H groups in total. The minimum atomic E-state index is -0.265. The molecule has 21 heavy (non-hydrogen) atoms. The standard InChI is InChI=1S/C16H21N3O2/c1-9-6-10(2)8-11(7-9)17-13-5-3-4-12-14(13)16(21)19-18-15(12)20/h3-5,9-11,17H,6-8H2,1-2H3,(H,18,20)(H,19,21). The third-order valence-corrected chi connectivity index (χ3v) is 4.36. The van der Waals surface area contributed by atoms with E-state index in [1.807, 2.05) is 12.1 Å². The first-order valence-corrected chi connectivity index (χ1v) is 7.55. The summed E-state index contributed by atoms with van der Waals surface area (Å²) in [5.41, 5.74) is 0.231. The number of nitrogens with one attached hydrogen (secondary N) is 3. The van der Waals surface area contributed by atoms with Crippen LogP contribution in [0, 0.1) is 11.8 Å². The molecule has 1 aromatic carbocycles. The van der Waals surface area contributed by atoms with Crippen LogP contribution in [0.4, 0.5) is 5.69 Å². The van der Waals surface area contributed by atoms with Gasteiger partial charge in [-0.3, -0.25) is 19.8 Å². The minimum Gasteiger partial charge on any atom is -0.382 e. The fraction of sp³-hybridized carbons (Fsp3) is 0.500. The van der Waals surface area contributed by atoms with Crippen molar-refractivity contribution < 1.29 is 0 Å². The predicted octanol–water partition coefficient (Wildman–Crippen LogP) is 2.45. The molecule has 2 atom stereocenters. The number of aromatic nitrogens is 2. The minimum absolute atomic E-state index is 0.260.